The van der Waals surface area contributed by atoms with E-state index in [9.17, 15) is 0 Å². The van der Waals surface area contributed by atoms with Crippen LogP contribution >= 0.6 is 15.9 Å². The fourth-order valence-corrected chi connectivity index (χ4v) is 1.66. The van der Waals surface area contributed by atoms with Crippen LogP contribution in [0.15, 0.2) is 22.8 Å². The van der Waals surface area contributed by atoms with Crippen LogP contribution in [0.2, 0.25) is 0 Å². The number of nitrogens with zero attached hydrogens (tertiary/aromatic N) is 3. The van der Waals surface area contributed by atoms with Gasteiger partial charge in [-0.3, -0.25) is 9.88 Å². The molecule has 0 N–H and O–H groups in total. The molecule has 1 heterocycles. The van der Waals surface area contributed by atoms with E-state index in [1.54, 1.807) is 6.20 Å². The second kappa shape index (κ2) is 6.62. The van der Waals surface area contributed by atoms with E-state index < -0.39 is 0 Å². The van der Waals surface area contributed by atoms with E-state index in [1.807, 2.05) is 12.1 Å². The lowest BCUT2D eigenvalue weighted by Crippen LogP contribution is -2.31. The van der Waals surface area contributed by atoms with Gasteiger partial charge in [0.2, 0.25) is 0 Å². The molecular weight excluding hydrogens is 266 g/mol. The first kappa shape index (κ1) is 13.1. The predicted octanol–water partition coefficient (Wildman–Crippen LogP) is 2.97. The summed E-state index contributed by atoms with van der Waals surface area (Å²) in [5.74, 6) is 0. The van der Waals surface area contributed by atoms with Crippen LogP contribution in [0.5, 0.6) is 0 Å². The molecule has 0 bridgehead atoms. The SMILES string of the molecule is CC(C)N(CCC#N)Cc1ccc(Br)cn1. The highest BCUT2D eigenvalue weighted by atomic mass is 79.9. The summed E-state index contributed by atoms with van der Waals surface area (Å²) in [6, 6.07) is 6.60. The van der Waals surface area contributed by atoms with Gasteiger partial charge in [0.05, 0.1) is 11.8 Å². The minimum absolute atomic E-state index is 0.429. The first-order chi connectivity index (χ1) is 7.63. The summed E-state index contributed by atoms with van der Waals surface area (Å²) in [4.78, 5) is 6.59. The van der Waals surface area contributed by atoms with E-state index in [-0.39, 0.29) is 0 Å². The smallest absolute Gasteiger partial charge is 0.0635 e. The Kier molecular flexibility index (Phi) is 5.44. The lowest BCUT2D eigenvalue weighted by atomic mass is 10.2. The van der Waals surface area contributed by atoms with Gasteiger partial charge in [0.1, 0.15) is 0 Å². The van der Waals surface area contributed by atoms with Crippen LogP contribution in [-0.4, -0.2) is 22.5 Å². The van der Waals surface area contributed by atoms with Gasteiger partial charge < -0.3 is 0 Å². The van der Waals surface area contributed by atoms with Gasteiger partial charge in [-0.15, -0.1) is 0 Å². The quantitative estimate of drug-likeness (QED) is 0.833. The minimum atomic E-state index is 0.429. The van der Waals surface area contributed by atoms with Crippen LogP contribution < -0.4 is 0 Å². The molecule has 0 amide bonds. The summed E-state index contributed by atoms with van der Waals surface area (Å²) < 4.78 is 0.990. The van der Waals surface area contributed by atoms with Gasteiger partial charge in [-0.2, -0.15) is 5.26 Å². The van der Waals surface area contributed by atoms with Gasteiger partial charge in [0, 0.05) is 36.2 Å². The molecule has 1 aromatic rings. The summed E-state index contributed by atoms with van der Waals surface area (Å²) in [6.45, 7) is 5.87. The zero-order chi connectivity index (χ0) is 12.0. The Morgan fingerprint density at radius 1 is 1.50 bits per heavy atom. The number of nitriles is 1. The molecule has 0 spiro atoms. The fraction of sp³-hybridized carbons (Fsp3) is 0.500. The third-order valence-electron chi connectivity index (χ3n) is 2.39. The Morgan fingerprint density at radius 2 is 2.25 bits per heavy atom. The fourth-order valence-electron chi connectivity index (χ4n) is 1.42. The van der Waals surface area contributed by atoms with Gasteiger partial charge in [-0.05, 0) is 41.9 Å². The summed E-state index contributed by atoms with van der Waals surface area (Å²) in [5.41, 5.74) is 1.04. The van der Waals surface area contributed by atoms with Crippen LogP contribution in [0.4, 0.5) is 0 Å². The average molecular weight is 282 g/mol. The number of rotatable bonds is 5. The highest BCUT2D eigenvalue weighted by molar-refractivity contribution is 9.10. The maximum absolute atomic E-state index is 8.60. The summed E-state index contributed by atoms with van der Waals surface area (Å²) in [6.07, 6.45) is 2.37. The molecule has 3 nitrogen and oxygen atoms in total. The zero-order valence-electron chi connectivity index (χ0n) is 9.65. The monoisotopic (exact) mass is 281 g/mol. The molecule has 0 unspecified atom stereocenters. The molecule has 1 rings (SSSR count). The number of aromatic nitrogens is 1. The second-order valence-electron chi connectivity index (χ2n) is 3.94. The van der Waals surface area contributed by atoms with E-state index in [0.29, 0.717) is 12.5 Å². The maximum Gasteiger partial charge on any atom is 0.0635 e. The van der Waals surface area contributed by atoms with Crippen molar-refractivity contribution in [2.75, 3.05) is 6.54 Å². The molecule has 16 heavy (non-hydrogen) atoms. The Balaban J connectivity index is 2.61. The molecule has 0 saturated carbocycles. The molecule has 0 atom stereocenters. The highest BCUT2D eigenvalue weighted by Gasteiger charge is 2.10. The first-order valence-corrected chi connectivity index (χ1v) is 6.14. The first-order valence-electron chi connectivity index (χ1n) is 5.35. The lowest BCUT2D eigenvalue weighted by molar-refractivity contribution is 0.215. The zero-order valence-corrected chi connectivity index (χ0v) is 11.2. The number of hydrogen-bond donors (Lipinski definition) is 0. The molecule has 0 aliphatic rings. The van der Waals surface area contributed by atoms with Crippen molar-refractivity contribution in [3.05, 3.63) is 28.5 Å². The van der Waals surface area contributed by atoms with E-state index in [1.165, 1.54) is 0 Å². The minimum Gasteiger partial charge on any atom is -0.294 e. The van der Waals surface area contributed by atoms with Crippen LogP contribution in [-0.2, 0) is 6.54 Å². The van der Waals surface area contributed by atoms with Gasteiger partial charge in [-0.25, -0.2) is 0 Å². The maximum atomic E-state index is 8.60. The van der Waals surface area contributed by atoms with Gasteiger partial charge in [-0.1, -0.05) is 0 Å². The van der Waals surface area contributed by atoms with Crippen molar-refractivity contribution in [3.8, 4) is 6.07 Å². The van der Waals surface area contributed by atoms with E-state index in [4.69, 9.17) is 5.26 Å². The normalized spacial score (nSPS) is 10.8. The summed E-state index contributed by atoms with van der Waals surface area (Å²) in [5, 5.41) is 8.60. The van der Waals surface area contributed by atoms with E-state index in [0.717, 1.165) is 23.3 Å². The predicted molar refractivity (Wildman–Crippen MR) is 67.7 cm³/mol. The van der Waals surface area contributed by atoms with Gasteiger partial charge in [0.25, 0.3) is 0 Å². The highest BCUT2D eigenvalue weighted by Crippen LogP contribution is 2.11. The van der Waals surface area contributed by atoms with Crippen LogP contribution in [0.3, 0.4) is 0 Å². The molecule has 0 saturated heterocycles. The van der Waals surface area contributed by atoms with Crippen molar-refractivity contribution in [1.82, 2.24) is 9.88 Å². The van der Waals surface area contributed by atoms with Crippen molar-refractivity contribution in [1.29, 1.82) is 5.26 Å². The van der Waals surface area contributed by atoms with Crippen LogP contribution in [0.1, 0.15) is 26.0 Å². The van der Waals surface area contributed by atoms with Crippen molar-refractivity contribution >= 4 is 15.9 Å². The van der Waals surface area contributed by atoms with Crippen LogP contribution in [0.25, 0.3) is 0 Å². The average Bonchev–Trinajstić information content (AvgIpc) is 2.26. The lowest BCUT2D eigenvalue weighted by Gasteiger charge is -2.24. The molecule has 86 valence electrons. The molecule has 0 aliphatic carbocycles. The Labute approximate surface area is 105 Å². The Hall–Kier alpha value is -0.920. The Bertz CT molecular complexity index is 354. The van der Waals surface area contributed by atoms with Gasteiger partial charge in [0.15, 0.2) is 0 Å². The largest absolute Gasteiger partial charge is 0.294 e. The molecule has 0 radical (unpaired) electrons. The number of halogens is 1. The standard InChI is InChI=1S/C12H16BrN3/c1-10(2)16(7-3-6-14)9-12-5-4-11(13)8-15-12/h4-5,8,10H,3,7,9H2,1-2H3. The number of pyridine rings is 1. The van der Waals surface area contributed by atoms with E-state index >= 15 is 0 Å². The summed E-state index contributed by atoms with van der Waals surface area (Å²) >= 11 is 3.36. The van der Waals surface area contributed by atoms with Crippen molar-refractivity contribution in [2.24, 2.45) is 0 Å². The molecular formula is C12H16BrN3. The van der Waals surface area contributed by atoms with E-state index in [2.05, 4.69) is 45.7 Å². The van der Waals surface area contributed by atoms with Crippen LogP contribution in [0, 0.1) is 11.3 Å². The van der Waals surface area contributed by atoms with Crippen molar-refractivity contribution in [2.45, 2.75) is 32.9 Å². The van der Waals surface area contributed by atoms with Gasteiger partial charge >= 0.3 is 0 Å². The van der Waals surface area contributed by atoms with Crippen molar-refractivity contribution in [3.63, 3.8) is 0 Å². The molecule has 0 fully saturated rings. The Morgan fingerprint density at radius 3 is 2.75 bits per heavy atom. The molecule has 1 aromatic heterocycles. The summed E-state index contributed by atoms with van der Waals surface area (Å²) in [7, 11) is 0. The third kappa shape index (κ3) is 4.30. The molecule has 0 aliphatic heterocycles. The topological polar surface area (TPSA) is 39.9 Å². The molecule has 4 heteroatoms. The van der Waals surface area contributed by atoms with Crippen molar-refractivity contribution < 1.29 is 0 Å². The second-order valence-corrected chi connectivity index (χ2v) is 4.86. The third-order valence-corrected chi connectivity index (χ3v) is 2.86. The molecule has 0 aromatic carbocycles. The number of hydrogen-bond acceptors (Lipinski definition) is 3.